The van der Waals surface area contributed by atoms with Crippen molar-refractivity contribution >= 4 is 28.5 Å². The van der Waals surface area contributed by atoms with E-state index in [0.717, 1.165) is 0 Å². The minimum atomic E-state index is -0.249. The zero-order chi connectivity index (χ0) is 17.6. The molecule has 128 valence electrons. The van der Waals surface area contributed by atoms with Crippen LogP contribution in [0, 0.1) is 0 Å². The number of anilines is 1. The van der Waals surface area contributed by atoms with Crippen molar-refractivity contribution in [3.05, 3.63) is 48.0 Å². The van der Waals surface area contributed by atoms with E-state index in [-0.39, 0.29) is 18.4 Å². The molecule has 2 amide bonds. The van der Waals surface area contributed by atoms with Crippen molar-refractivity contribution in [2.75, 3.05) is 18.5 Å². The first kappa shape index (κ1) is 16.4. The van der Waals surface area contributed by atoms with Gasteiger partial charge in [-0.3, -0.25) is 9.59 Å². The lowest BCUT2D eigenvalue weighted by molar-refractivity contribution is -0.122. The van der Waals surface area contributed by atoms with Crippen LogP contribution in [0.4, 0.5) is 5.69 Å². The number of ether oxygens (including phenoxy) is 1. The van der Waals surface area contributed by atoms with Crippen molar-refractivity contribution in [2.45, 2.75) is 6.92 Å². The number of nitrogens with one attached hydrogen (secondary N) is 3. The Morgan fingerprint density at radius 1 is 1.08 bits per heavy atom. The molecule has 3 rings (SSSR count). The summed E-state index contributed by atoms with van der Waals surface area (Å²) in [5, 5.41) is 15.9. The van der Waals surface area contributed by atoms with Gasteiger partial charge in [0.2, 0.25) is 0 Å². The van der Waals surface area contributed by atoms with Crippen molar-refractivity contribution in [1.82, 2.24) is 20.7 Å². The number of carbonyl (C=O) groups is 2. The maximum atomic E-state index is 12.3. The largest absolute Gasteiger partial charge is 0.484 e. The third-order valence-electron chi connectivity index (χ3n) is 3.43. The molecule has 0 aliphatic rings. The van der Waals surface area contributed by atoms with Gasteiger partial charge in [0.25, 0.3) is 11.8 Å². The summed E-state index contributed by atoms with van der Waals surface area (Å²) in [6, 6.07) is 11.9. The molecule has 8 heteroatoms. The van der Waals surface area contributed by atoms with Gasteiger partial charge < -0.3 is 15.4 Å². The minimum absolute atomic E-state index is 0.0444. The van der Waals surface area contributed by atoms with E-state index in [1.165, 1.54) is 0 Å². The summed E-state index contributed by atoms with van der Waals surface area (Å²) in [6.45, 7) is 2.36. The van der Waals surface area contributed by atoms with Gasteiger partial charge in [0.1, 0.15) is 16.8 Å². The number of likely N-dealkylation sites (N-methyl/N-ethyl adjacent to an activating group) is 1. The van der Waals surface area contributed by atoms with Gasteiger partial charge in [0.05, 0.1) is 0 Å². The van der Waals surface area contributed by atoms with Gasteiger partial charge in [0.15, 0.2) is 6.61 Å². The van der Waals surface area contributed by atoms with E-state index in [1.54, 1.807) is 42.5 Å². The monoisotopic (exact) mass is 339 g/mol. The number of benzene rings is 2. The van der Waals surface area contributed by atoms with E-state index in [4.69, 9.17) is 4.74 Å². The predicted molar refractivity (Wildman–Crippen MR) is 92.5 cm³/mol. The first-order valence-electron chi connectivity index (χ1n) is 7.77. The molecule has 25 heavy (non-hydrogen) atoms. The summed E-state index contributed by atoms with van der Waals surface area (Å²) in [6.07, 6.45) is 0. The fourth-order valence-corrected chi connectivity index (χ4v) is 2.22. The second-order valence-electron chi connectivity index (χ2n) is 5.25. The standard InChI is InChI=1S/C17H17N5O3/c1-2-18-16(23)10-25-13-6-4-12(5-7-13)19-17(24)11-3-8-14-15(9-11)21-22-20-14/h3-9H,2,10H2,1H3,(H,18,23)(H,19,24)(H,20,21,22). The smallest absolute Gasteiger partial charge is 0.257 e. The topological polar surface area (TPSA) is 109 Å². The van der Waals surface area contributed by atoms with Crippen molar-refractivity contribution in [3.8, 4) is 5.75 Å². The molecule has 3 aromatic rings. The Bertz CT molecular complexity index is 889. The average molecular weight is 339 g/mol. The quantitative estimate of drug-likeness (QED) is 0.633. The molecule has 0 radical (unpaired) electrons. The lowest BCUT2D eigenvalue weighted by Gasteiger charge is -2.08. The number of aromatic nitrogens is 3. The number of rotatable bonds is 6. The van der Waals surface area contributed by atoms with Gasteiger partial charge in [-0.05, 0) is 49.4 Å². The Labute approximate surface area is 143 Å². The lowest BCUT2D eigenvalue weighted by Crippen LogP contribution is -2.28. The van der Waals surface area contributed by atoms with Crippen LogP contribution in [-0.4, -0.2) is 40.4 Å². The van der Waals surface area contributed by atoms with Gasteiger partial charge >= 0.3 is 0 Å². The van der Waals surface area contributed by atoms with Crippen LogP contribution in [0.25, 0.3) is 11.0 Å². The number of hydrogen-bond donors (Lipinski definition) is 3. The Kier molecular flexibility index (Phi) is 4.89. The highest BCUT2D eigenvalue weighted by Crippen LogP contribution is 2.17. The normalized spacial score (nSPS) is 10.4. The van der Waals surface area contributed by atoms with E-state index in [9.17, 15) is 9.59 Å². The number of H-pyrrole nitrogens is 1. The Balaban J connectivity index is 1.60. The maximum Gasteiger partial charge on any atom is 0.257 e. The zero-order valence-corrected chi connectivity index (χ0v) is 13.6. The number of aromatic amines is 1. The summed E-state index contributed by atoms with van der Waals surface area (Å²) >= 11 is 0. The fraction of sp³-hybridized carbons (Fsp3) is 0.176. The fourth-order valence-electron chi connectivity index (χ4n) is 2.22. The Morgan fingerprint density at radius 2 is 1.84 bits per heavy atom. The molecule has 0 saturated heterocycles. The van der Waals surface area contributed by atoms with Crippen molar-refractivity contribution in [3.63, 3.8) is 0 Å². The van der Waals surface area contributed by atoms with E-state index in [1.807, 2.05) is 6.92 Å². The molecule has 3 N–H and O–H groups in total. The molecule has 0 saturated carbocycles. The molecule has 0 aliphatic heterocycles. The second-order valence-corrected chi connectivity index (χ2v) is 5.25. The van der Waals surface area contributed by atoms with E-state index in [0.29, 0.717) is 34.6 Å². The van der Waals surface area contributed by atoms with Crippen molar-refractivity contribution < 1.29 is 14.3 Å². The first-order valence-corrected chi connectivity index (χ1v) is 7.77. The summed E-state index contributed by atoms with van der Waals surface area (Å²) in [5.74, 6) is 0.122. The molecule has 0 unspecified atom stereocenters. The minimum Gasteiger partial charge on any atom is -0.484 e. The van der Waals surface area contributed by atoms with Gasteiger partial charge in [-0.2, -0.15) is 15.4 Å². The molecule has 1 heterocycles. The van der Waals surface area contributed by atoms with E-state index in [2.05, 4.69) is 26.0 Å². The Morgan fingerprint density at radius 3 is 2.60 bits per heavy atom. The van der Waals surface area contributed by atoms with Crippen LogP contribution in [0.2, 0.25) is 0 Å². The third kappa shape index (κ3) is 4.11. The van der Waals surface area contributed by atoms with E-state index >= 15 is 0 Å². The number of fused-ring (bicyclic) bond motifs is 1. The highest BCUT2D eigenvalue weighted by Gasteiger charge is 2.09. The first-order chi connectivity index (χ1) is 12.2. The lowest BCUT2D eigenvalue weighted by atomic mass is 10.2. The predicted octanol–water partition coefficient (Wildman–Crippen LogP) is 1.73. The highest BCUT2D eigenvalue weighted by atomic mass is 16.5. The third-order valence-corrected chi connectivity index (χ3v) is 3.43. The molecule has 0 bridgehead atoms. The summed E-state index contributed by atoms with van der Waals surface area (Å²) in [4.78, 5) is 23.7. The molecular weight excluding hydrogens is 322 g/mol. The van der Waals surface area contributed by atoms with Crippen LogP contribution in [0.3, 0.4) is 0 Å². The number of amides is 2. The molecule has 2 aromatic carbocycles. The van der Waals surface area contributed by atoms with Gasteiger partial charge in [-0.1, -0.05) is 0 Å². The van der Waals surface area contributed by atoms with Crippen molar-refractivity contribution in [2.24, 2.45) is 0 Å². The number of carbonyl (C=O) groups excluding carboxylic acids is 2. The van der Waals surface area contributed by atoms with Crippen LogP contribution in [0.1, 0.15) is 17.3 Å². The van der Waals surface area contributed by atoms with Gasteiger partial charge in [0, 0.05) is 17.8 Å². The molecule has 8 nitrogen and oxygen atoms in total. The summed E-state index contributed by atoms with van der Waals surface area (Å²) in [5.41, 5.74) is 2.43. The second kappa shape index (κ2) is 7.43. The molecular formula is C17H17N5O3. The number of hydrogen-bond acceptors (Lipinski definition) is 5. The van der Waals surface area contributed by atoms with Crippen LogP contribution in [0.5, 0.6) is 5.75 Å². The van der Waals surface area contributed by atoms with Crippen LogP contribution >= 0.6 is 0 Å². The summed E-state index contributed by atoms with van der Waals surface area (Å²) < 4.78 is 5.36. The molecule has 1 aromatic heterocycles. The van der Waals surface area contributed by atoms with Gasteiger partial charge in [-0.15, -0.1) is 0 Å². The van der Waals surface area contributed by atoms with Crippen LogP contribution in [0.15, 0.2) is 42.5 Å². The highest BCUT2D eigenvalue weighted by molar-refractivity contribution is 6.05. The Hall–Kier alpha value is -3.42. The molecule has 0 fully saturated rings. The average Bonchev–Trinajstić information content (AvgIpc) is 3.09. The van der Waals surface area contributed by atoms with Gasteiger partial charge in [-0.25, -0.2) is 0 Å². The molecule has 0 spiro atoms. The number of nitrogens with zero attached hydrogens (tertiary/aromatic N) is 2. The van der Waals surface area contributed by atoms with Crippen LogP contribution < -0.4 is 15.4 Å². The SMILES string of the molecule is CCNC(=O)COc1ccc(NC(=O)c2ccc3n[nH]nc3c2)cc1. The zero-order valence-electron chi connectivity index (χ0n) is 13.6. The summed E-state index contributed by atoms with van der Waals surface area (Å²) in [7, 11) is 0. The molecule has 0 atom stereocenters. The van der Waals surface area contributed by atoms with Crippen molar-refractivity contribution in [1.29, 1.82) is 0 Å². The van der Waals surface area contributed by atoms with Crippen LogP contribution in [-0.2, 0) is 4.79 Å². The molecule has 0 aliphatic carbocycles. The van der Waals surface area contributed by atoms with E-state index < -0.39 is 0 Å². The maximum absolute atomic E-state index is 12.3.